The molecule has 3 saturated carbocycles. The summed E-state index contributed by atoms with van der Waals surface area (Å²) in [5, 5.41) is 32.5. The molecule has 3 N–H and O–H groups in total. The van der Waals surface area contributed by atoms with Gasteiger partial charge in [-0.3, -0.25) is 4.79 Å². The van der Waals surface area contributed by atoms with Crippen LogP contribution < -0.4 is 10.4 Å². The molecule has 12 atom stereocenters. The molecule has 6 aromatic rings. The smallest absolute Gasteiger partial charge is 0.340 e. The molecule has 4 heterocycles. The summed E-state index contributed by atoms with van der Waals surface area (Å²) in [6.07, 6.45) is 14.0. The van der Waals surface area contributed by atoms with E-state index in [2.05, 4.69) is 109 Å². The summed E-state index contributed by atoms with van der Waals surface area (Å²) < 4.78 is 33.5. The van der Waals surface area contributed by atoms with E-state index in [4.69, 9.17) is 23.4 Å². The van der Waals surface area contributed by atoms with Crippen LogP contribution in [0.25, 0.3) is 17.0 Å². The zero-order valence-electron chi connectivity index (χ0n) is 48.9. The third kappa shape index (κ3) is 9.88. The Morgan fingerprint density at radius 3 is 2.44 bits per heavy atom. The minimum atomic E-state index is -1.35. The Labute approximate surface area is 493 Å². The number of rotatable bonds is 10. The van der Waals surface area contributed by atoms with Gasteiger partial charge in [-0.2, -0.15) is 0 Å². The van der Waals surface area contributed by atoms with Gasteiger partial charge >= 0.3 is 17.6 Å². The molecule has 0 radical (unpaired) electrons. The first-order valence-electron chi connectivity index (χ1n) is 31.2. The predicted molar refractivity (Wildman–Crippen MR) is 323 cm³/mol. The second-order valence-corrected chi connectivity index (χ2v) is 25.9. The maximum Gasteiger partial charge on any atom is 0.340 e. The lowest BCUT2D eigenvalue weighted by Crippen LogP contribution is -2.58. The summed E-state index contributed by atoms with van der Waals surface area (Å²) in [4.78, 5) is 45.8. The summed E-state index contributed by atoms with van der Waals surface area (Å²) in [5.74, 6) is -0.665. The van der Waals surface area contributed by atoms with Crippen molar-refractivity contribution in [2.24, 2.45) is 23.7 Å². The Morgan fingerprint density at radius 2 is 1.62 bits per heavy atom. The maximum absolute atomic E-state index is 15.8. The first-order chi connectivity index (χ1) is 40.9. The fraction of sp³-hybridized carbons (Fsp3) is 0.466. The highest BCUT2D eigenvalue weighted by Crippen LogP contribution is 2.59. The van der Waals surface area contributed by atoms with E-state index in [0.717, 1.165) is 43.2 Å². The fourth-order valence-electron chi connectivity index (χ4n) is 17.4. The summed E-state index contributed by atoms with van der Waals surface area (Å²) >= 11 is 0. The number of ether oxygens (including phenoxy) is 4. The molecule has 3 aliphatic heterocycles. The average Bonchev–Trinajstić information content (AvgIpc) is 1.68. The minimum absolute atomic E-state index is 0.0265. The van der Waals surface area contributed by atoms with Gasteiger partial charge in [0.2, 0.25) is 0 Å². The molecule has 11 nitrogen and oxygen atoms in total. The van der Waals surface area contributed by atoms with Crippen molar-refractivity contribution in [2.45, 2.75) is 164 Å². The largest absolute Gasteiger partial charge is 0.483 e. The van der Waals surface area contributed by atoms with Crippen molar-refractivity contribution in [3.63, 3.8) is 0 Å². The number of hydrogen-bond acceptors (Lipinski definition) is 11. The molecule has 11 heteroatoms. The van der Waals surface area contributed by atoms with Crippen molar-refractivity contribution in [3.8, 4) is 5.75 Å². The lowest BCUT2D eigenvalue weighted by Gasteiger charge is -2.49. The van der Waals surface area contributed by atoms with Crippen molar-refractivity contribution >= 4 is 29.0 Å². The Morgan fingerprint density at radius 1 is 0.786 bits per heavy atom. The number of aryl methyl sites for hydroxylation is 2. The minimum Gasteiger partial charge on any atom is -0.483 e. The van der Waals surface area contributed by atoms with Gasteiger partial charge in [-0.15, -0.1) is 0 Å². The summed E-state index contributed by atoms with van der Waals surface area (Å²) in [6.45, 7) is 2.66. The molecule has 3 fully saturated rings. The van der Waals surface area contributed by atoms with E-state index in [0.29, 0.717) is 53.0 Å². The number of benzene rings is 5. The number of fused-ring (bicyclic) bond motifs is 17. The van der Waals surface area contributed by atoms with Crippen LogP contribution in [-0.2, 0) is 48.7 Å². The molecule has 5 aliphatic carbocycles. The van der Waals surface area contributed by atoms with Gasteiger partial charge in [0.05, 0.1) is 25.4 Å². The SMILES string of the molecule is COC[C@@H](CCO)c1c(CO)c2ccc3c(c2oc1=O)[C@H]1OC(=O)C[C@@H]2C[C@H](c4cccc([C@]56CCCC[C@@H]5CCc5ccccc56)c4)CC[C@H]2c2ccc(cc2)CC/C(=C(\C)CO)C(=O)O[C@@H]1[C@](C)([C@H]1C[C@@H]2C=Cc4ccccc4[C@@H]2C1)O3. The Balaban J connectivity index is 0.938. The van der Waals surface area contributed by atoms with Gasteiger partial charge in [0, 0.05) is 53.9 Å². The molecular weight excluding hydrogens is 1050 g/mol. The van der Waals surface area contributed by atoms with E-state index >= 15 is 9.59 Å². The van der Waals surface area contributed by atoms with E-state index in [9.17, 15) is 20.1 Å². The Hall–Kier alpha value is -6.63. The number of carbonyl (C=O) groups excluding carboxylic acids is 2. The van der Waals surface area contributed by atoms with Gasteiger partial charge < -0.3 is 38.7 Å². The van der Waals surface area contributed by atoms with Crippen LogP contribution in [0.15, 0.2) is 136 Å². The number of methoxy groups -OCH3 is 1. The molecule has 14 rings (SSSR count). The number of hydrogen-bond donors (Lipinski definition) is 3. The van der Waals surface area contributed by atoms with Crippen LogP contribution in [0.2, 0.25) is 0 Å². The van der Waals surface area contributed by atoms with Crippen LogP contribution >= 0.6 is 0 Å². The van der Waals surface area contributed by atoms with Crippen molar-refractivity contribution in [2.75, 3.05) is 26.9 Å². The number of carbonyl (C=O) groups is 2. The van der Waals surface area contributed by atoms with Gasteiger partial charge in [0.15, 0.2) is 12.2 Å². The molecule has 438 valence electrons. The average molecular weight is 1130 g/mol. The molecular formula is C73H80O11. The lowest BCUT2D eigenvalue weighted by atomic mass is 9.54. The number of allylic oxidation sites excluding steroid dienone is 1. The van der Waals surface area contributed by atoms with Crippen LogP contribution in [0.4, 0.5) is 0 Å². The standard InChI is InChI=1S/C73H80O11/c1-43(40-75)56-28-20-44-18-21-46(22-19-44)57-29-26-49(48-13-10-15-54(36-48)73-33-9-8-14-53(73)27-25-47-12-5-7-17-62(47)73)35-52(57)38-64(77)81-68-66-63(31-30-59-61(41-76)65(71(79)82-67(59)66)51(32-34-74)42-80-3)84-72(2,69(68)83-70(56)78)55-37-50-24-23-45-11-4-6-16-58(45)60(50)39-55/h4-7,10-13,15-19,21-24,30-31,36,49-53,55,57,60,68-69,74-76H,8-9,14,20,25-29,32-35,37-42H2,1-3H3/b56-43-/t49-,50+,51-,52+,53-,55+,57+,60-,68-,69+,72+,73+/m1/s1. The fourth-order valence-corrected chi connectivity index (χ4v) is 17.4. The van der Waals surface area contributed by atoms with E-state index < -0.39 is 47.9 Å². The summed E-state index contributed by atoms with van der Waals surface area (Å²) in [7, 11) is 1.52. The zero-order chi connectivity index (χ0) is 57.9. The highest BCUT2D eigenvalue weighted by Gasteiger charge is 2.59. The van der Waals surface area contributed by atoms with Crippen LogP contribution in [0.5, 0.6) is 5.75 Å². The van der Waals surface area contributed by atoms with Crippen LogP contribution in [0.1, 0.15) is 188 Å². The van der Waals surface area contributed by atoms with Gasteiger partial charge in [-0.25, -0.2) is 9.59 Å². The first kappa shape index (κ1) is 56.5. The normalized spacial score (nSPS) is 30.0. The topological polar surface area (TPSA) is 162 Å². The van der Waals surface area contributed by atoms with Crippen LogP contribution in [-0.4, -0.2) is 65.9 Å². The van der Waals surface area contributed by atoms with E-state index in [1.807, 2.05) is 6.92 Å². The molecule has 0 unspecified atom stereocenters. The van der Waals surface area contributed by atoms with Crippen molar-refractivity contribution < 1.29 is 48.3 Å². The third-order valence-corrected chi connectivity index (χ3v) is 21.6. The van der Waals surface area contributed by atoms with Gasteiger partial charge in [0.1, 0.15) is 16.9 Å². The maximum atomic E-state index is 15.8. The van der Waals surface area contributed by atoms with Crippen LogP contribution in [0, 0.1) is 23.7 Å². The molecule has 8 aliphatic rings. The third-order valence-electron chi connectivity index (χ3n) is 21.6. The second-order valence-electron chi connectivity index (χ2n) is 25.9. The van der Waals surface area contributed by atoms with Gasteiger partial charge in [-0.05, 0) is 194 Å². The first-order valence-corrected chi connectivity index (χ1v) is 31.2. The summed E-state index contributed by atoms with van der Waals surface area (Å²) in [5.41, 5.74) is 9.82. The van der Waals surface area contributed by atoms with Crippen molar-refractivity contribution in [3.05, 3.63) is 198 Å². The van der Waals surface area contributed by atoms with Crippen molar-refractivity contribution in [1.82, 2.24) is 0 Å². The van der Waals surface area contributed by atoms with E-state index in [1.165, 1.54) is 66.2 Å². The number of aliphatic hydroxyl groups excluding tert-OH is 3. The molecule has 5 aromatic carbocycles. The number of aliphatic hydroxyl groups is 3. The Bertz CT molecular complexity index is 3590. The van der Waals surface area contributed by atoms with Gasteiger partial charge in [0.25, 0.3) is 0 Å². The Kier molecular flexibility index (Phi) is 15.7. The molecule has 84 heavy (non-hydrogen) atoms. The number of esters is 2. The molecule has 0 saturated heterocycles. The zero-order valence-corrected chi connectivity index (χ0v) is 48.9. The van der Waals surface area contributed by atoms with Crippen LogP contribution in [0.3, 0.4) is 0 Å². The molecule has 0 amide bonds. The monoisotopic (exact) mass is 1130 g/mol. The predicted octanol–water partition coefficient (Wildman–Crippen LogP) is 13.3. The molecule has 0 spiro atoms. The summed E-state index contributed by atoms with van der Waals surface area (Å²) in [6, 6.07) is 39.3. The van der Waals surface area contributed by atoms with Crippen molar-refractivity contribution in [1.29, 1.82) is 0 Å². The van der Waals surface area contributed by atoms with E-state index in [-0.39, 0.29) is 96.7 Å². The second kappa shape index (κ2) is 23.3. The van der Waals surface area contributed by atoms with Gasteiger partial charge in [-0.1, -0.05) is 122 Å². The lowest BCUT2D eigenvalue weighted by molar-refractivity contribution is -0.199. The molecule has 1 aromatic heterocycles. The van der Waals surface area contributed by atoms with E-state index in [1.54, 1.807) is 19.1 Å². The quantitative estimate of drug-likeness (QED) is 0.0680. The highest BCUT2D eigenvalue weighted by molar-refractivity contribution is 5.90. The molecule has 2 bridgehead atoms. The highest BCUT2D eigenvalue weighted by atomic mass is 16.6.